The number of hydrogen-bond acceptors (Lipinski definition) is 0. The van der Waals surface area contributed by atoms with Crippen LogP contribution in [0.5, 0.6) is 0 Å². The fraction of sp³-hybridized carbons (Fsp3) is 0.615. The van der Waals surface area contributed by atoms with Gasteiger partial charge in [-0.15, -0.1) is 11.3 Å². The Labute approximate surface area is 90.1 Å². The van der Waals surface area contributed by atoms with E-state index in [0.717, 1.165) is 12.0 Å². The second kappa shape index (κ2) is 6.71. The molecule has 0 unspecified atom stereocenters. The predicted molar refractivity (Wildman–Crippen MR) is 67.9 cm³/mol. The van der Waals surface area contributed by atoms with Gasteiger partial charge in [0, 0.05) is 5.57 Å². The van der Waals surface area contributed by atoms with Crippen LogP contribution in [0.4, 0.5) is 0 Å². The number of hydrogen-bond donors (Lipinski definition) is 0. The van der Waals surface area contributed by atoms with Gasteiger partial charge in [0.1, 0.15) is 8.07 Å². The van der Waals surface area contributed by atoms with Gasteiger partial charge in [0.15, 0.2) is 0 Å². The Bertz CT molecular complexity index is 264. The molecule has 0 bridgehead atoms. The van der Waals surface area contributed by atoms with Crippen molar-refractivity contribution in [3.05, 3.63) is 17.9 Å². The van der Waals surface area contributed by atoms with Crippen LogP contribution in [0.15, 0.2) is 17.9 Å². The van der Waals surface area contributed by atoms with E-state index in [1.807, 2.05) is 0 Å². The van der Waals surface area contributed by atoms with E-state index in [4.69, 9.17) is 0 Å². The van der Waals surface area contributed by atoms with Crippen LogP contribution < -0.4 is 0 Å². The number of rotatable bonds is 4. The molecule has 0 nitrogen and oxygen atoms in total. The average Bonchev–Trinajstić information content (AvgIpc) is 2.09. The third-order valence-corrected chi connectivity index (χ3v) is 2.71. The summed E-state index contributed by atoms with van der Waals surface area (Å²) in [5, 5.41) is 0. The molecule has 0 saturated carbocycles. The quantitative estimate of drug-likeness (QED) is 0.280. The van der Waals surface area contributed by atoms with E-state index in [2.05, 4.69) is 50.3 Å². The smallest absolute Gasteiger partial charge is 0.126 e. The molecule has 0 aliphatic carbocycles. The molecule has 0 saturated heterocycles. The Morgan fingerprint density at radius 1 is 1.21 bits per heavy atom. The lowest BCUT2D eigenvalue weighted by molar-refractivity contribution is 0.721. The van der Waals surface area contributed by atoms with E-state index >= 15 is 0 Å². The second-order valence-electron chi connectivity index (χ2n) is 4.61. The van der Waals surface area contributed by atoms with Crippen LogP contribution in [0.2, 0.25) is 19.6 Å². The number of allylic oxidation sites excluding steroid dienone is 1. The van der Waals surface area contributed by atoms with Crippen molar-refractivity contribution in [1.29, 1.82) is 0 Å². The second-order valence-corrected chi connectivity index (χ2v) is 9.36. The van der Waals surface area contributed by atoms with Gasteiger partial charge in [0.05, 0.1) is 0 Å². The van der Waals surface area contributed by atoms with E-state index in [9.17, 15) is 0 Å². The van der Waals surface area contributed by atoms with Gasteiger partial charge in [0.2, 0.25) is 0 Å². The van der Waals surface area contributed by atoms with Gasteiger partial charge in [-0.3, -0.25) is 0 Å². The minimum absolute atomic E-state index is 1.05. The van der Waals surface area contributed by atoms with Crippen molar-refractivity contribution in [1.82, 2.24) is 0 Å². The normalized spacial score (nSPS) is 10.0. The zero-order valence-electron chi connectivity index (χ0n) is 10.0. The van der Waals surface area contributed by atoms with Crippen molar-refractivity contribution >= 4 is 8.07 Å². The van der Waals surface area contributed by atoms with Crippen LogP contribution >= 0.6 is 0 Å². The molecule has 0 spiro atoms. The van der Waals surface area contributed by atoms with Gasteiger partial charge in [0.25, 0.3) is 0 Å². The zero-order valence-corrected chi connectivity index (χ0v) is 11.0. The van der Waals surface area contributed by atoms with E-state index in [1.54, 1.807) is 0 Å². The summed E-state index contributed by atoms with van der Waals surface area (Å²) in [6.07, 6.45) is 4.80. The first-order valence-electron chi connectivity index (χ1n) is 5.41. The van der Waals surface area contributed by atoms with Crippen LogP contribution in [0.3, 0.4) is 0 Å². The van der Waals surface area contributed by atoms with Crippen LogP contribution in [0.25, 0.3) is 0 Å². The van der Waals surface area contributed by atoms with Crippen molar-refractivity contribution in [2.24, 2.45) is 0 Å². The molecule has 0 N–H and O–H groups in total. The maximum absolute atomic E-state index is 3.69. The third kappa shape index (κ3) is 7.92. The van der Waals surface area contributed by atoms with Gasteiger partial charge >= 0.3 is 0 Å². The lowest BCUT2D eigenvalue weighted by Gasteiger charge is -2.03. The fourth-order valence-electron chi connectivity index (χ4n) is 1.01. The Balaban J connectivity index is 4.17. The van der Waals surface area contributed by atoms with Gasteiger partial charge in [-0.05, 0) is 12.8 Å². The van der Waals surface area contributed by atoms with Crippen molar-refractivity contribution < 1.29 is 0 Å². The van der Waals surface area contributed by atoms with E-state index in [1.165, 1.54) is 19.3 Å². The van der Waals surface area contributed by atoms with Crippen LogP contribution in [0.1, 0.15) is 32.6 Å². The van der Waals surface area contributed by atoms with E-state index in [0.29, 0.717) is 0 Å². The molecule has 0 atom stereocenters. The highest BCUT2D eigenvalue weighted by Gasteiger charge is 2.07. The molecule has 0 radical (unpaired) electrons. The first kappa shape index (κ1) is 13.3. The maximum atomic E-state index is 3.69. The molecule has 14 heavy (non-hydrogen) atoms. The maximum Gasteiger partial charge on any atom is 0.129 e. The highest BCUT2D eigenvalue weighted by Crippen LogP contribution is 2.07. The zero-order chi connectivity index (χ0) is 11.0. The SMILES string of the molecule is C=C=C(C#C[Si](C)(C)C)CCCCC. The molecule has 0 aromatic heterocycles. The topological polar surface area (TPSA) is 0 Å². The molecule has 0 aliphatic heterocycles. The van der Waals surface area contributed by atoms with Crippen LogP contribution in [-0.4, -0.2) is 8.07 Å². The Hall–Kier alpha value is -0.703. The van der Waals surface area contributed by atoms with Gasteiger partial charge in [-0.2, -0.15) is 0 Å². The molecular weight excluding hydrogens is 184 g/mol. The Morgan fingerprint density at radius 3 is 2.29 bits per heavy atom. The lowest BCUT2D eigenvalue weighted by Crippen LogP contribution is -2.16. The average molecular weight is 206 g/mol. The lowest BCUT2D eigenvalue weighted by atomic mass is 10.1. The fourth-order valence-corrected chi connectivity index (χ4v) is 1.54. The summed E-state index contributed by atoms with van der Waals surface area (Å²) < 4.78 is 0. The predicted octanol–water partition coefficient (Wildman–Crippen LogP) is 4.16. The first-order chi connectivity index (χ1) is 6.49. The minimum atomic E-state index is -1.23. The first-order valence-corrected chi connectivity index (χ1v) is 8.91. The highest BCUT2D eigenvalue weighted by molar-refractivity contribution is 6.83. The highest BCUT2D eigenvalue weighted by atomic mass is 28.3. The molecule has 0 fully saturated rings. The molecule has 0 aromatic carbocycles. The summed E-state index contributed by atoms with van der Waals surface area (Å²) in [5.41, 5.74) is 7.40. The Kier molecular flexibility index (Phi) is 6.37. The van der Waals surface area contributed by atoms with E-state index < -0.39 is 8.07 Å². The Morgan fingerprint density at radius 2 is 1.86 bits per heavy atom. The summed E-state index contributed by atoms with van der Waals surface area (Å²) in [7, 11) is -1.23. The molecule has 0 aromatic rings. The minimum Gasteiger partial charge on any atom is -0.126 e. The van der Waals surface area contributed by atoms with Crippen molar-refractivity contribution in [2.75, 3.05) is 0 Å². The molecule has 78 valence electrons. The summed E-state index contributed by atoms with van der Waals surface area (Å²) in [4.78, 5) is 0. The van der Waals surface area contributed by atoms with Gasteiger partial charge in [-0.1, -0.05) is 51.9 Å². The largest absolute Gasteiger partial charge is 0.129 e. The van der Waals surface area contributed by atoms with Crippen molar-refractivity contribution in [3.63, 3.8) is 0 Å². The van der Waals surface area contributed by atoms with Gasteiger partial charge in [-0.25, -0.2) is 0 Å². The monoisotopic (exact) mass is 206 g/mol. The van der Waals surface area contributed by atoms with Crippen molar-refractivity contribution in [2.45, 2.75) is 52.2 Å². The molecule has 0 rings (SSSR count). The summed E-state index contributed by atoms with van der Waals surface area (Å²) in [6, 6.07) is 0. The third-order valence-electron chi connectivity index (χ3n) is 1.83. The molecule has 0 amide bonds. The summed E-state index contributed by atoms with van der Waals surface area (Å²) >= 11 is 0. The van der Waals surface area contributed by atoms with Crippen molar-refractivity contribution in [3.8, 4) is 11.5 Å². The molecular formula is C13H22Si. The van der Waals surface area contributed by atoms with Crippen LogP contribution in [-0.2, 0) is 0 Å². The summed E-state index contributed by atoms with van der Waals surface area (Å²) in [5.74, 6) is 3.22. The van der Waals surface area contributed by atoms with Crippen LogP contribution in [0, 0.1) is 11.5 Å². The molecule has 0 heterocycles. The summed E-state index contributed by atoms with van der Waals surface area (Å²) in [6.45, 7) is 12.7. The van der Waals surface area contributed by atoms with Gasteiger partial charge < -0.3 is 0 Å². The van der Waals surface area contributed by atoms with E-state index in [-0.39, 0.29) is 0 Å². The number of unbranched alkanes of at least 4 members (excludes halogenated alkanes) is 2. The standard InChI is InChI=1S/C13H22Si/c1-6-8-9-10-13(7-2)11-12-14(3,4)5/h2,6,8-10H2,1,3-5H3. The molecule has 1 heteroatoms. The molecule has 0 aliphatic rings.